The molecular formula is C16H20N2O2. The molecule has 2 aromatic rings. The van der Waals surface area contributed by atoms with Crippen LogP contribution in [0, 0.1) is 0 Å². The molecule has 2 atom stereocenters. The minimum absolute atomic E-state index is 0.0587. The van der Waals surface area contributed by atoms with Gasteiger partial charge in [-0.05, 0) is 36.6 Å². The van der Waals surface area contributed by atoms with Crippen molar-refractivity contribution in [1.82, 2.24) is 9.88 Å². The maximum absolute atomic E-state index is 9.69. The van der Waals surface area contributed by atoms with Gasteiger partial charge in [-0.25, -0.2) is 0 Å². The number of aliphatic hydroxyl groups is 2. The number of nitrogens with zero attached hydrogens (tertiary/aromatic N) is 2. The molecule has 0 aliphatic carbocycles. The summed E-state index contributed by atoms with van der Waals surface area (Å²) in [5.41, 5.74) is 2.23. The van der Waals surface area contributed by atoms with Crippen LogP contribution in [0.3, 0.4) is 0 Å². The molecule has 2 heterocycles. The summed E-state index contributed by atoms with van der Waals surface area (Å²) in [7, 11) is 0. The number of likely N-dealkylation sites (tertiary alicyclic amines) is 1. The lowest BCUT2D eigenvalue weighted by atomic mass is 9.99. The quantitative estimate of drug-likeness (QED) is 0.890. The summed E-state index contributed by atoms with van der Waals surface area (Å²) < 4.78 is 0. The monoisotopic (exact) mass is 272 g/mol. The van der Waals surface area contributed by atoms with Crippen LogP contribution in [0.15, 0.2) is 36.5 Å². The first-order valence-corrected chi connectivity index (χ1v) is 7.13. The molecule has 1 unspecified atom stereocenters. The van der Waals surface area contributed by atoms with Crippen molar-refractivity contribution in [3.05, 3.63) is 42.1 Å². The summed E-state index contributed by atoms with van der Waals surface area (Å²) in [5, 5.41) is 20.3. The maximum atomic E-state index is 9.69. The van der Waals surface area contributed by atoms with Crippen LogP contribution >= 0.6 is 0 Å². The van der Waals surface area contributed by atoms with E-state index in [9.17, 15) is 10.2 Å². The van der Waals surface area contributed by atoms with Crippen molar-refractivity contribution in [3.8, 4) is 0 Å². The van der Waals surface area contributed by atoms with Gasteiger partial charge in [0.2, 0.25) is 0 Å². The second-order valence-corrected chi connectivity index (χ2v) is 5.52. The molecule has 4 nitrogen and oxygen atoms in total. The van der Waals surface area contributed by atoms with Crippen LogP contribution in [0.4, 0.5) is 0 Å². The predicted molar refractivity (Wildman–Crippen MR) is 78.3 cm³/mol. The predicted octanol–water partition coefficient (Wildman–Crippen LogP) is 1.55. The average Bonchev–Trinajstić information content (AvgIpc) is 2.49. The summed E-state index contributed by atoms with van der Waals surface area (Å²) in [6.45, 7) is 1.74. The van der Waals surface area contributed by atoms with E-state index in [0.717, 1.165) is 30.4 Å². The van der Waals surface area contributed by atoms with Crippen molar-refractivity contribution in [2.24, 2.45) is 0 Å². The molecule has 0 spiro atoms. The Bertz CT molecular complexity index is 587. The fraction of sp³-hybridized carbons (Fsp3) is 0.438. The van der Waals surface area contributed by atoms with Gasteiger partial charge in [0, 0.05) is 30.7 Å². The molecule has 1 aromatic carbocycles. The Balaban J connectivity index is 1.78. The van der Waals surface area contributed by atoms with E-state index in [0.29, 0.717) is 6.42 Å². The standard InChI is InChI=1S/C16H20N2O2/c19-11-14-9-15(20)5-7-18(14)10-12-3-4-16-13(8-12)2-1-6-17-16/h1-4,6,8,14-15,19-20H,5,7,9-11H2/t14-,15?/m1/s1. The number of aliphatic hydroxyl groups excluding tert-OH is 2. The Kier molecular flexibility index (Phi) is 3.96. The number of fused-ring (bicyclic) bond motifs is 1. The van der Waals surface area contributed by atoms with E-state index in [1.165, 1.54) is 5.56 Å². The maximum Gasteiger partial charge on any atom is 0.0702 e. The van der Waals surface area contributed by atoms with Gasteiger partial charge < -0.3 is 10.2 Å². The van der Waals surface area contributed by atoms with E-state index < -0.39 is 0 Å². The first-order valence-electron chi connectivity index (χ1n) is 7.13. The zero-order valence-electron chi connectivity index (χ0n) is 11.4. The Hall–Kier alpha value is -1.49. The SMILES string of the molecule is OC[C@H]1CC(O)CCN1Cc1ccc2ncccc2c1. The fourth-order valence-electron chi connectivity index (χ4n) is 2.93. The highest BCUT2D eigenvalue weighted by Gasteiger charge is 2.26. The molecule has 0 bridgehead atoms. The molecule has 106 valence electrons. The van der Waals surface area contributed by atoms with Crippen molar-refractivity contribution < 1.29 is 10.2 Å². The van der Waals surface area contributed by atoms with E-state index in [1.54, 1.807) is 6.20 Å². The van der Waals surface area contributed by atoms with Crippen LogP contribution in [0.1, 0.15) is 18.4 Å². The topological polar surface area (TPSA) is 56.6 Å². The molecule has 4 heteroatoms. The van der Waals surface area contributed by atoms with Crippen molar-refractivity contribution in [2.45, 2.75) is 31.5 Å². The van der Waals surface area contributed by atoms with E-state index >= 15 is 0 Å². The second kappa shape index (κ2) is 5.87. The third kappa shape index (κ3) is 2.82. The van der Waals surface area contributed by atoms with Crippen LogP contribution in [0.25, 0.3) is 10.9 Å². The molecule has 1 fully saturated rings. The van der Waals surface area contributed by atoms with Crippen molar-refractivity contribution in [2.75, 3.05) is 13.2 Å². The number of pyridine rings is 1. The van der Waals surface area contributed by atoms with Crippen molar-refractivity contribution in [1.29, 1.82) is 0 Å². The lowest BCUT2D eigenvalue weighted by Gasteiger charge is -2.36. The highest BCUT2D eigenvalue weighted by molar-refractivity contribution is 5.78. The molecular weight excluding hydrogens is 252 g/mol. The number of benzene rings is 1. The zero-order chi connectivity index (χ0) is 13.9. The molecule has 1 aromatic heterocycles. The molecule has 1 aliphatic heterocycles. The first-order chi connectivity index (χ1) is 9.76. The number of hydrogen-bond acceptors (Lipinski definition) is 4. The normalized spacial score (nSPS) is 24.1. The van der Waals surface area contributed by atoms with Gasteiger partial charge in [-0.15, -0.1) is 0 Å². The fourth-order valence-corrected chi connectivity index (χ4v) is 2.93. The third-order valence-electron chi connectivity index (χ3n) is 4.07. The zero-order valence-corrected chi connectivity index (χ0v) is 11.4. The van der Waals surface area contributed by atoms with Crippen LogP contribution in [0.5, 0.6) is 0 Å². The highest BCUT2D eigenvalue weighted by Crippen LogP contribution is 2.21. The number of hydrogen-bond donors (Lipinski definition) is 2. The molecule has 0 saturated carbocycles. The van der Waals surface area contributed by atoms with Gasteiger partial charge in [0.25, 0.3) is 0 Å². The molecule has 20 heavy (non-hydrogen) atoms. The number of rotatable bonds is 3. The number of piperidine rings is 1. The highest BCUT2D eigenvalue weighted by atomic mass is 16.3. The lowest BCUT2D eigenvalue weighted by molar-refractivity contribution is 0.0129. The Morgan fingerprint density at radius 1 is 1.30 bits per heavy atom. The van der Waals surface area contributed by atoms with Gasteiger partial charge in [-0.1, -0.05) is 12.1 Å². The van der Waals surface area contributed by atoms with Gasteiger partial charge in [0.05, 0.1) is 18.2 Å². The van der Waals surface area contributed by atoms with E-state index in [4.69, 9.17) is 0 Å². The van der Waals surface area contributed by atoms with Crippen LogP contribution in [-0.4, -0.2) is 45.4 Å². The van der Waals surface area contributed by atoms with Gasteiger partial charge >= 0.3 is 0 Å². The van der Waals surface area contributed by atoms with E-state index in [-0.39, 0.29) is 18.8 Å². The molecule has 1 saturated heterocycles. The largest absolute Gasteiger partial charge is 0.395 e. The molecule has 3 rings (SSSR count). The lowest BCUT2D eigenvalue weighted by Crippen LogP contribution is -2.45. The molecule has 1 aliphatic rings. The van der Waals surface area contributed by atoms with Crippen molar-refractivity contribution in [3.63, 3.8) is 0 Å². The van der Waals surface area contributed by atoms with Crippen LogP contribution in [-0.2, 0) is 6.54 Å². The summed E-state index contributed by atoms with van der Waals surface area (Å²) in [6, 6.07) is 10.4. The summed E-state index contributed by atoms with van der Waals surface area (Å²) >= 11 is 0. The van der Waals surface area contributed by atoms with Crippen LogP contribution < -0.4 is 0 Å². The molecule has 2 N–H and O–H groups in total. The van der Waals surface area contributed by atoms with Gasteiger partial charge in [0.15, 0.2) is 0 Å². The minimum atomic E-state index is -0.274. The summed E-state index contributed by atoms with van der Waals surface area (Å²) in [4.78, 5) is 6.58. The van der Waals surface area contributed by atoms with E-state index in [2.05, 4.69) is 28.1 Å². The van der Waals surface area contributed by atoms with Gasteiger partial charge in [-0.2, -0.15) is 0 Å². The Morgan fingerprint density at radius 2 is 2.20 bits per heavy atom. The minimum Gasteiger partial charge on any atom is -0.395 e. The summed E-state index contributed by atoms with van der Waals surface area (Å²) in [6.07, 6.45) is 2.97. The number of aromatic nitrogens is 1. The van der Waals surface area contributed by atoms with Crippen molar-refractivity contribution >= 4 is 10.9 Å². The smallest absolute Gasteiger partial charge is 0.0702 e. The Labute approximate surface area is 118 Å². The van der Waals surface area contributed by atoms with Gasteiger partial charge in [0.1, 0.15) is 0 Å². The van der Waals surface area contributed by atoms with E-state index in [1.807, 2.05) is 12.1 Å². The Morgan fingerprint density at radius 3 is 3.05 bits per heavy atom. The molecule has 0 amide bonds. The average molecular weight is 272 g/mol. The third-order valence-corrected chi connectivity index (χ3v) is 4.07. The second-order valence-electron chi connectivity index (χ2n) is 5.52. The van der Waals surface area contributed by atoms with Crippen LogP contribution in [0.2, 0.25) is 0 Å². The molecule has 0 radical (unpaired) electrons. The summed E-state index contributed by atoms with van der Waals surface area (Å²) in [5.74, 6) is 0. The van der Waals surface area contributed by atoms with Gasteiger partial charge in [-0.3, -0.25) is 9.88 Å². The first kappa shape index (κ1) is 13.5.